The number of aryl methyl sites for hydroxylation is 1. The molecule has 3 nitrogen and oxygen atoms in total. The van der Waals surface area contributed by atoms with Gasteiger partial charge in [0.05, 0.1) is 5.69 Å². The van der Waals surface area contributed by atoms with Crippen molar-refractivity contribution >= 4 is 0 Å². The number of alkyl halides is 1. The summed E-state index contributed by atoms with van der Waals surface area (Å²) in [6.45, 7) is 3.01. The zero-order valence-corrected chi connectivity index (χ0v) is 7.20. The van der Waals surface area contributed by atoms with E-state index in [2.05, 4.69) is 5.10 Å². The first-order valence-electron chi connectivity index (χ1n) is 4.15. The van der Waals surface area contributed by atoms with Gasteiger partial charge in [-0.2, -0.15) is 5.10 Å². The van der Waals surface area contributed by atoms with Crippen molar-refractivity contribution in [1.29, 1.82) is 0 Å². The van der Waals surface area contributed by atoms with Gasteiger partial charge in [-0.15, -0.1) is 0 Å². The summed E-state index contributed by atoms with van der Waals surface area (Å²) < 4.78 is 14.9. The predicted octanol–water partition coefficient (Wildman–Crippen LogP) is 1.26. The highest BCUT2D eigenvalue weighted by Gasteiger charge is 2.12. The van der Waals surface area contributed by atoms with Crippen molar-refractivity contribution in [2.75, 3.05) is 6.54 Å². The van der Waals surface area contributed by atoms with Gasteiger partial charge < -0.3 is 5.73 Å². The van der Waals surface area contributed by atoms with Crippen molar-refractivity contribution < 1.29 is 4.39 Å². The zero-order valence-electron chi connectivity index (χ0n) is 7.20. The molecule has 0 aliphatic carbocycles. The van der Waals surface area contributed by atoms with Crippen molar-refractivity contribution in [3.63, 3.8) is 0 Å². The molecular formula is C8H14FN3. The molecule has 1 aromatic heterocycles. The Morgan fingerprint density at radius 1 is 1.75 bits per heavy atom. The van der Waals surface area contributed by atoms with Gasteiger partial charge >= 0.3 is 0 Å². The van der Waals surface area contributed by atoms with Crippen LogP contribution >= 0.6 is 0 Å². The van der Waals surface area contributed by atoms with Crippen LogP contribution in [0.25, 0.3) is 0 Å². The number of nitrogens with two attached hydrogens (primary N) is 1. The maximum Gasteiger partial charge on any atom is 0.143 e. The summed E-state index contributed by atoms with van der Waals surface area (Å²) in [6, 6.07) is 1.70. The number of hydrogen-bond donors (Lipinski definition) is 1. The standard InChI is InChI=1S/C8H14FN3/c1-2-12-8(4-6-11-12)7(9)3-5-10/h4,6-7H,2-3,5,10H2,1H3. The number of hydrogen-bond acceptors (Lipinski definition) is 2. The summed E-state index contributed by atoms with van der Waals surface area (Å²) in [5.41, 5.74) is 5.89. The van der Waals surface area contributed by atoms with Gasteiger partial charge in [0, 0.05) is 12.7 Å². The fourth-order valence-corrected chi connectivity index (χ4v) is 1.17. The van der Waals surface area contributed by atoms with E-state index in [4.69, 9.17) is 5.73 Å². The summed E-state index contributed by atoms with van der Waals surface area (Å²) in [4.78, 5) is 0. The van der Waals surface area contributed by atoms with E-state index >= 15 is 0 Å². The van der Waals surface area contributed by atoms with E-state index < -0.39 is 6.17 Å². The van der Waals surface area contributed by atoms with E-state index in [1.165, 1.54) is 0 Å². The summed E-state index contributed by atoms with van der Waals surface area (Å²) in [7, 11) is 0. The van der Waals surface area contributed by atoms with Crippen molar-refractivity contribution in [3.05, 3.63) is 18.0 Å². The van der Waals surface area contributed by atoms with Gasteiger partial charge in [-0.05, 0) is 26.0 Å². The average Bonchev–Trinajstić information content (AvgIpc) is 2.51. The van der Waals surface area contributed by atoms with Gasteiger partial charge in [0.1, 0.15) is 6.17 Å². The molecule has 0 saturated heterocycles. The van der Waals surface area contributed by atoms with Crippen molar-refractivity contribution in [3.8, 4) is 0 Å². The maximum absolute atomic E-state index is 13.3. The van der Waals surface area contributed by atoms with E-state index in [0.717, 1.165) is 0 Å². The molecule has 68 valence electrons. The second kappa shape index (κ2) is 4.21. The Labute approximate surface area is 71.4 Å². The van der Waals surface area contributed by atoms with Crippen LogP contribution in [0.2, 0.25) is 0 Å². The third kappa shape index (κ3) is 1.82. The smallest absolute Gasteiger partial charge is 0.143 e. The highest BCUT2D eigenvalue weighted by atomic mass is 19.1. The number of aromatic nitrogens is 2. The normalized spacial score (nSPS) is 13.2. The molecule has 0 amide bonds. The molecule has 4 heteroatoms. The van der Waals surface area contributed by atoms with Crippen LogP contribution in [0.4, 0.5) is 4.39 Å². The predicted molar refractivity (Wildman–Crippen MR) is 45.4 cm³/mol. The lowest BCUT2D eigenvalue weighted by Gasteiger charge is -2.08. The van der Waals surface area contributed by atoms with Crippen LogP contribution in [0.15, 0.2) is 12.3 Å². The molecule has 0 aromatic carbocycles. The first kappa shape index (κ1) is 9.19. The monoisotopic (exact) mass is 171 g/mol. The first-order chi connectivity index (χ1) is 5.79. The highest BCUT2D eigenvalue weighted by Crippen LogP contribution is 2.19. The van der Waals surface area contributed by atoms with E-state index in [9.17, 15) is 4.39 Å². The van der Waals surface area contributed by atoms with Crippen LogP contribution in [0, 0.1) is 0 Å². The fraction of sp³-hybridized carbons (Fsp3) is 0.625. The fourth-order valence-electron chi connectivity index (χ4n) is 1.17. The third-order valence-corrected chi connectivity index (χ3v) is 1.79. The highest BCUT2D eigenvalue weighted by molar-refractivity contribution is 5.04. The topological polar surface area (TPSA) is 43.8 Å². The molecule has 1 heterocycles. The molecule has 2 N–H and O–H groups in total. The molecule has 0 bridgehead atoms. The lowest BCUT2D eigenvalue weighted by atomic mass is 10.2. The van der Waals surface area contributed by atoms with Gasteiger partial charge in [0.2, 0.25) is 0 Å². The summed E-state index contributed by atoms with van der Waals surface area (Å²) >= 11 is 0. The Kier molecular flexibility index (Phi) is 3.22. The second-order valence-corrected chi connectivity index (χ2v) is 2.62. The molecule has 1 aromatic rings. The molecule has 0 spiro atoms. The molecule has 0 saturated carbocycles. The molecule has 1 rings (SSSR count). The Morgan fingerprint density at radius 2 is 2.50 bits per heavy atom. The quantitative estimate of drug-likeness (QED) is 0.741. The van der Waals surface area contributed by atoms with E-state index in [1.807, 2.05) is 6.92 Å². The van der Waals surface area contributed by atoms with Crippen molar-refractivity contribution in [2.45, 2.75) is 26.1 Å². The van der Waals surface area contributed by atoms with E-state index in [1.54, 1.807) is 16.9 Å². The molecule has 1 unspecified atom stereocenters. The molecule has 0 aliphatic heterocycles. The molecule has 0 fully saturated rings. The minimum Gasteiger partial charge on any atom is -0.330 e. The summed E-state index contributed by atoms with van der Waals surface area (Å²) in [6.07, 6.45) is 1.01. The van der Waals surface area contributed by atoms with Crippen LogP contribution in [0.5, 0.6) is 0 Å². The van der Waals surface area contributed by atoms with Crippen LogP contribution in [-0.4, -0.2) is 16.3 Å². The lowest BCUT2D eigenvalue weighted by Crippen LogP contribution is -2.09. The molecule has 0 aliphatic rings. The molecule has 12 heavy (non-hydrogen) atoms. The number of nitrogens with zero attached hydrogens (tertiary/aromatic N) is 2. The summed E-state index contributed by atoms with van der Waals surface area (Å²) in [5.74, 6) is 0. The zero-order chi connectivity index (χ0) is 8.97. The Morgan fingerprint density at radius 3 is 3.08 bits per heavy atom. The second-order valence-electron chi connectivity index (χ2n) is 2.62. The number of rotatable bonds is 4. The van der Waals surface area contributed by atoms with Gasteiger partial charge in [0.15, 0.2) is 0 Å². The van der Waals surface area contributed by atoms with Gasteiger partial charge in [-0.25, -0.2) is 4.39 Å². The molecule has 0 radical (unpaired) electrons. The SMILES string of the molecule is CCn1nccc1C(F)CCN. The number of halogens is 1. The van der Waals surface area contributed by atoms with Gasteiger partial charge in [-0.3, -0.25) is 4.68 Å². The van der Waals surface area contributed by atoms with Crippen LogP contribution in [-0.2, 0) is 6.54 Å². The third-order valence-electron chi connectivity index (χ3n) is 1.79. The van der Waals surface area contributed by atoms with E-state index in [-0.39, 0.29) is 0 Å². The lowest BCUT2D eigenvalue weighted by molar-refractivity contribution is 0.306. The Balaban J connectivity index is 2.71. The van der Waals surface area contributed by atoms with E-state index in [0.29, 0.717) is 25.2 Å². The van der Waals surface area contributed by atoms with Crippen LogP contribution in [0.1, 0.15) is 25.2 Å². The largest absolute Gasteiger partial charge is 0.330 e. The first-order valence-corrected chi connectivity index (χ1v) is 4.15. The summed E-state index contributed by atoms with van der Waals surface area (Å²) in [5, 5.41) is 3.97. The Bertz CT molecular complexity index is 234. The molecule has 1 atom stereocenters. The minimum absolute atomic E-state index is 0.367. The maximum atomic E-state index is 13.3. The Hall–Kier alpha value is -0.900. The van der Waals surface area contributed by atoms with Crippen LogP contribution < -0.4 is 5.73 Å². The minimum atomic E-state index is -0.975. The van der Waals surface area contributed by atoms with Gasteiger partial charge in [0.25, 0.3) is 0 Å². The molecular weight excluding hydrogens is 157 g/mol. The van der Waals surface area contributed by atoms with Crippen molar-refractivity contribution in [1.82, 2.24) is 9.78 Å². The van der Waals surface area contributed by atoms with Gasteiger partial charge in [-0.1, -0.05) is 0 Å². The average molecular weight is 171 g/mol. The van der Waals surface area contributed by atoms with Crippen LogP contribution in [0.3, 0.4) is 0 Å². The van der Waals surface area contributed by atoms with Crippen molar-refractivity contribution in [2.24, 2.45) is 5.73 Å².